The van der Waals surface area contributed by atoms with Crippen molar-refractivity contribution in [2.24, 2.45) is 11.0 Å². The maximum atomic E-state index is 8.27. The Balaban J connectivity index is 1.88. The van der Waals surface area contributed by atoms with Gasteiger partial charge in [0.25, 0.3) is 0 Å². The van der Waals surface area contributed by atoms with Crippen molar-refractivity contribution < 1.29 is 0 Å². The van der Waals surface area contributed by atoms with E-state index in [1.165, 1.54) is 45.1 Å². The molecule has 4 nitrogen and oxygen atoms in total. The third kappa shape index (κ3) is 2.64. The number of fused-ring (bicyclic) bond motifs is 1. The minimum atomic E-state index is 0.639. The van der Waals surface area contributed by atoms with Gasteiger partial charge in [-0.15, -0.1) is 0 Å². The summed E-state index contributed by atoms with van der Waals surface area (Å²) in [5.41, 5.74) is 8.27. The Morgan fingerprint density at radius 2 is 2.00 bits per heavy atom. The molecular weight excluding hydrogens is 188 g/mol. The van der Waals surface area contributed by atoms with Crippen LogP contribution in [0.4, 0.5) is 0 Å². The summed E-state index contributed by atoms with van der Waals surface area (Å²) in [6, 6.07) is 0.793. The van der Waals surface area contributed by atoms with Crippen molar-refractivity contribution in [1.29, 1.82) is 0 Å². The highest BCUT2D eigenvalue weighted by Crippen LogP contribution is 2.34. The lowest BCUT2D eigenvalue weighted by Gasteiger charge is -2.44. The molecule has 0 N–H and O–H groups in total. The molecule has 0 aromatic carbocycles. The first-order valence-corrected chi connectivity index (χ1v) is 6.16. The van der Waals surface area contributed by atoms with E-state index in [4.69, 9.17) is 5.53 Å². The first kappa shape index (κ1) is 10.8. The van der Waals surface area contributed by atoms with E-state index in [1.54, 1.807) is 0 Å². The number of azide groups is 1. The van der Waals surface area contributed by atoms with Crippen LogP contribution in [0.25, 0.3) is 10.4 Å². The molecule has 0 spiro atoms. The predicted molar refractivity (Wildman–Crippen MR) is 60.6 cm³/mol. The lowest BCUT2D eigenvalue weighted by Crippen LogP contribution is -2.47. The van der Waals surface area contributed by atoms with Gasteiger partial charge in [-0.25, -0.2) is 0 Å². The third-order valence-electron chi connectivity index (χ3n) is 3.91. The van der Waals surface area contributed by atoms with Crippen LogP contribution in [0.1, 0.15) is 38.5 Å². The highest BCUT2D eigenvalue weighted by atomic mass is 15.2. The number of rotatable bonds is 3. The fourth-order valence-corrected chi connectivity index (χ4v) is 3.22. The second-order valence-electron chi connectivity index (χ2n) is 4.74. The molecule has 1 aliphatic carbocycles. The summed E-state index contributed by atoms with van der Waals surface area (Å²) in [6.07, 6.45) is 8.34. The van der Waals surface area contributed by atoms with E-state index < -0.39 is 0 Å². The van der Waals surface area contributed by atoms with Crippen LogP contribution in [-0.4, -0.2) is 30.6 Å². The summed E-state index contributed by atoms with van der Waals surface area (Å²) in [5, 5.41) is 3.64. The van der Waals surface area contributed by atoms with E-state index in [-0.39, 0.29) is 0 Å². The molecule has 1 aliphatic heterocycles. The molecule has 0 aromatic heterocycles. The predicted octanol–water partition coefficient (Wildman–Crippen LogP) is 2.95. The highest BCUT2D eigenvalue weighted by molar-refractivity contribution is 4.87. The fraction of sp³-hybridized carbons (Fsp3) is 1.00. The van der Waals surface area contributed by atoms with Gasteiger partial charge in [0.2, 0.25) is 0 Å². The molecule has 2 rings (SSSR count). The van der Waals surface area contributed by atoms with Gasteiger partial charge in [-0.3, -0.25) is 4.90 Å². The summed E-state index contributed by atoms with van der Waals surface area (Å²) in [7, 11) is 0. The van der Waals surface area contributed by atoms with Crippen molar-refractivity contribution in [3.63, 3.8) is 0 Å². The van der Waals surface area contributed by atoms with Crippen molar-refractivity contribution >= 4 is 0 Å². The second-order valence-corrected chi connectivity index (χ2v) is 4.74. The van der Waals surface area contributed by atoms with Crippen LogP contribution in [0, 0.1) is 5.92 Å². The molecule has 2 atom stereocenters. The maximum Gasteiger partial charge on any atom is 0.0385 e. The summed E-state index contributed by atoms with van der Waals surface area (Å²) in [6.45, 7) is 2.81. The van der Waals surface area contributed by atoms with Gasteiger partial charge in [-0.1, -0.05) is 18.0 Å². The van der Waals surface area contributed by atoms with Crippen LogP contribution >= 0.6 is 0 Å². The summed E-state index contributed by atoms with van der Waals surface area (Å²) < 4.78 is 0. The van der Waals surface area contributed by atoms with Gasteiger partial charge >= 0.3 is 0 Å². The van der Waals surface area contributed by atoms with Crippen LogP contribution in [0.2, 0.25) is 0 Å². The van der Waals surface area contributed by atoms with Gasteiger partial charge < -0.3 is 0 Å². The number of hydrogen-bond acceptors (Lipinski definition) is 2. The van der Waals surface area contributed by atoms with Gasteiger partial charge in [0, 0.05) is 24.0 Å². The van der Waals surface area contributed by atoms with Crippen LogP contribution in [0.5, 0.6) is 0 Å². The van der Waals surface area contributed by atoms with E-state index in [9.17, 15) is 0 Å². The molecule has 1 saturated heterocycles. The second kappa shape index (κ2) is 5.38. The molecule has 0 aromatic rings. The van der Waals surface area contributed by atoms with Gasteiger partial charge in [0.1, 0.15) is 0 Å². The largest absolute Gasteiger partial charge is 0.300 e. The summed E-state index contributed by atoms with van der Waals surface area (Å²) >= 11 is 0. The lowest BCUT2D eigenvalue weighted by atomic mass is 9.78. The summed E-state index contributed by atoms with van der Waals surface area (Å²) in [4.78, 5) is 5.38. The number of piperidine rings is 1. The Kier molecular flexibility index (Phi) is 3.87. The van der Waals surface area contributed by atoms with Gasteiger partial charge in [0.15, 0.2) is 0 Å². The Morgan fingerprint density at radius 3 is 2.87 bits per heavy atom. The Bertz CT molecular complexity index is 245. The molecule has 1 saturated carbocycles. The van der Waals surface area contributed by atoms with E-state index in [1.807, 2.05) is 0 Å². The quantitative estimate of drug-likeness (QED) is 0.399. The van der Waals surface area contributed by atoms with Crippen LogP contribution < -0.4 is 0 Å². The molecule has 4 heteroatoms. The molecule has 0 bridgehead atoms. The number of nitrogens with zero attached hydrogens (tertiary/aromatic N) is 4. The molecule has 2 aliphatic rings. The van der Waals surface area contributed by atoms with Gasteiger partial charge in [-0.2, -0.15) is 0 Å². The van der Waals surface area contributed by atoms with E-state index in [2.05, 4.69) is 14.9 Å². The van der Waals surface area contributed by atoms with Crippen molar-refractivity contribution in [1.82, 2.24) is 4.90 Å². The summed E-state index contributed by atoms with van der Waals surface area (Å²) in [5.74, 6) is 0.929. The Labute approximate surface area is 91.3 Å². The first-order chi connectivity index (χ1) is 7.42. The van der Waals surface area contributed by atoms with Crippen molar-refractivity contribution in [2.75, 3.05) is 19.6 Å². The minimum absolute atomic E-state index is 0.639. The molecular formula is C11H20N4. The first-order valence-electron chi connectivity index (χ1n) is 6.16. The number of likely N-dealkylation sites (tertiary alicyclic amines) is 1. The smallest absolute Gasteiger partial charge is 0.0385 e. The standard InChI is InChI=1S/C11H20N4/c12-14-13-7-9-15-8-3-5-10-4-1-2-6-11(10)15/h10-11H,1-9H2. The molecule has 2 unspecified atom stereocenters. The van der Waals surface area contributed by atoms with E-state index >= 15 is 0 Å². The number of hydrogen-bond donors (Lipinski definition) is 0. The van der Waals surface area contributed by atoms with E-state index in [0.29, 0.717) is 6.54 Å². The lowest BCUT2D eigenvalue weighted by molar-refractivity contribution is 0.0637. The minimum Gasteiger partial charge on any atom is -0.300 e. The zero-order valence-corrected chi connectivity index (χ0v) is 9.31. The van der Waals surface area contributed by atoms with Gasteiger partial charge in [0.05, 0.1) is 0 Å². The molecule has 2 fully saturated rings. The topological polar surface area (TPSA) is 52.0 Å². The monoisotopic (exact) mass is 208 g/mol. The Morgan fingerprint density at radius 1 is 1.20 bits per heavy atom. The molecule has 15 heavy (non-hydrogen) atoms. The fourth-order valence-electron chi connectivity index (χ4n) is 3.22. The average molecular weight is 208 g/mol. The highest BCUT2D eigenvalue weighted by Gasteiger charge is 2.32. The van der Waals surface area contributed by atoms with Crippen LogP contribution in [-0.2, 0) is 0 Å². The van der Waals surface area contributed by atoms with Gasteiger partial charge in [-0.05, 0) is 43.7 Å². The third-order valence-corrected chi connectivity index (χ3v) is 3.91. The average Bonchev–Trinajstić information content (AvgIpc) is 2.30. The SMILES string of the molecule is [N-]=[N+]=NCCN1CCCC2CCCCC21. The normalized spacial score (nSPS) is 31.7. The molecule has 0 amide bonds. The zero-order valence-electron chi connectivity index (χ0n) is 9.31. The van der Waals surface area contributed by atoms with Crippen LogP contribution in [0.15, 0.2) is 5.11 Å². The molecule has 1 heterocycles. The maximum absolute atomic E-state index is 8.27. The van der Waals surface area contributed by atoms with Crippen molar-refractivity contribution in [2.45, 2.75) is 44.6 Å². The van der Waals surface area contributed by atoms with Crippen molar-refractivity contribution in [3.05, 3.63) is 10.4 Å². The zero-order chi connectivity index (χ0) is 10.5. The van der Waals surface area contributed by atoms with Crippen molar-refractivity contribution in [3.8, 4) is 0 Å². The van der Waals surface area contributed by atoms with E-state index in [0.717, 1.165) is 18.5 Å². The Hall–Kier alpha value is -0.730. The molecule has 84 valence electrons. The van der Waals surface area contributed by atoms with Crippen LogP contribution in [0.3, 0.4) is 0 Å². The molecule has 0 radical (unpaired) electrons.